The van der Waals surface area contributed by atoms with Gasteiger partial charge >= 0.3 is 5.97 Å². The van der Waals surface area contributed by atoms with Crippen LogP contribution in [0.3, 0.4) is 0 Å². The Hall–Kier alpha value is -1.75. The molecule has 5 heteroatoms. The molecule has 1 aliphatic carbocycles. The minimum atomic E-state index is -0.135. The van der Waals surface area contributed by atoms with E-state index in [1.54, 1.807) is 6.07 Å². The molecule has 1 saturated carbocycles. The van der Waals surface area contributed by atoms with Gasteiger partial charge in [0.25, 0.3) is 0 Å². The molecule has 0 unspecified atom stereocenters. The highest BCUT2D eigenvalue weighted by Crippen LogP contribution is 2.65. The predicted octanol–water partition coefficient (Wildman–Crippen LogP) is 2.88. The van der Waals surface area contributed by atoms with E-state index in [1.165, 1.54) is 25.5 Å². The van der Waals surface area contributed by atoms with Crippen molar-refractivity contribution >= 4 is 11.7 Å². The standard InChI is InChI=1S/C21H28N2O3/c1-3-20-7-4-9-23-10-8-21(19(20)23)15-6-5-13(24)11-16(15)22-17(21)14(12-20)18(25)26-2/h5-6,11,14,17,19,22,24H,3-4,7-10,12H2,1-2H3/t14-,17-,19-,20-,21-/m0/s1. The minimum absolute atomic E-state index is 0.0551. The molecule has 1 aromatic rings. The summed E-state index contributed by atoms with van der Waals surface area (Å²) in [7, 11) is 1.51. The smallest absolute Gasteiger partial charge is 0.310 e. The molecule has 3 heterocycles. The number of hydrogen-bond donors (Lipinski definition) is 2. The van der Waals surface area contributed by atoms with Crippen LogP contribution in [0, 0.1) is 11.3 Å². The van der Waals surface area contributed by atoms with Crippen molar-refractivity contribution in [3.63, 3.8) is 0 Å². The van der Waals surface area contributed by atoms with E-state index < -0.39 is 0 Å². The zero-order chi connectivity index (χ0) is 18.1. The summed E-state index contributed by atoms with van der Waals surface area (Å²) in [4.78, 5) is 15.5. The van der Waals surface area contributed by atoms with Crippen LogP contribution in [0.5, 0.6) is 5.75 Å². The summed E-state index contributed by atoms with van der Waals surface area (Å²) in [5, 5.41) is 13.7. The fourth-order valence-corrected chi connectivity index (χ4v) is 7.11. The van der Waals surface area contributed by atoms with Crippen molar-refractivity contribution in [3.8, 4) is 5.75 Å². The lowest BCUT2D eigenvalue weighted by Gasteiger charge is -2.59. The third kappa shape index (κ3) is 1.82. The Bertz CT molecular complexity index is 766. The topological polar surface area (TPSA) is 61.8 Å². The van der Waals surface area contributed by atoms with Crippen LogP contribution in [0.4, 0.5) is 5.69 Å². The Morgan fingerprint density at radius 2 is 2.23 bits per heavy atom. The van der Waals surface area contributed by atoms with E-state index in [1.807, 2.05) is 6.07 Å². The minimum Gasteiger partial charge on any atom is -0.508 e. The van der Waals surface area contributed by atoms with Crippen LogP contribution in [-0.2, 0) is 14.9 Å². The van der Waals surface area contributed by atoms with Crippen molar-refractivity contribution in [3.05, 3.63) is 23.8 Å². The van der Waals surface area contributed by atoms with Gasteiger partial charge < -0.3 is 15.2 Å². The molecule has 0 aromatic heterocycles. The van der Waals surface area contributed by atoms with Crippen LogP contribution >= 0.6 is 0 Å². The van der Waals surface area contributed by atoms with Crippen molar-refractivity contribution in [1.29, 1.82) is 0 Å². The van der Waals surface area contributed by atoms with E-state index in [4.69, 9.17) is 4.74 Å². The summed E-state index contributed by atoms with van der Waals surface area (Å²) in [6.07, 6.45) is 5.48. The predicted molar refractivity (Wildman–Crippen MR) is 99.3 cm³/mol. The summed E-state index contributed by atoms with van der Waals surface area (Å²) in [5.74, 6) is 0.0548. The molecule has 5 atom stereocenters. The summed E-state index contributed by atoms with van der Waals surface area (Å²) in [6, 6.07) is 6.25. The van der Waals surface area contributed by atoms with Gasteiger partial charge in [-0.3, -0.25) is 9.69 Å². The summed E-state index contributed by atoms with van der Waals surface area (Å²) < 4.78 is 5.25. The maximum atomic E-state index is 12.8. The molecule has 140 valence electrons. The Balaban J connectivity index is 1.73. The largest absolute Gasteiger partial charge is 0.508 e. The van der Waals surface area contributed by atoms with Crippen molar-refractivity contribution in [2.45, 2.75) is 56.5 Å². The lowest BCUT2D eigenvalue weighted by molar-refractivity contribution is -0.153. The van der Waals surface area contributed by atoms with Gasteiger partial charge in [0.1, 0.15) is 5.75 Å². The number of piperidine rings is 1. The van der Waals surface area contributed by atoms with Gasteiger partial charge in [-0.1, -0.05) is 13.0 Å². The number of aromatic hydroxyl groups is 1. The highest BCUT2D eigenvalue weighted by Gasteiger charge is 2.69. The number of esters is 1. The molecule has 5 rings (SSSR count). The van der Waals surface area contributed by atoms with Crippen LogP contribution in [0.25, 0.3) is 0 Å². The highest BCUT2D eigenvalue weighted by molar-refractivity contribution is 5.78. The molecule has 3 aliphatic heterocycles. The molecule has 0 radical (unpaired) electrons. The van der Waals surface area contributed by atoms with Crippen LogP contribution in [0.2, 0.25) is 0 Å². The first-order chi connectivity index (χ1) is 12.6. The van der Waals surface area contributed by atoms with Gasteiger partial charge in [0.2, 0.25) is 0 Å². The van der Waals surface area contributed by atoms with E-state index in [9.17, 15) is 9.90 Å². The number of ether oxygens (including phenoxy) is 1. The maximum Gasteiger partial charge on any atom is 0.310 e. The number of nitrogens with zero attached hydrogens (tertiary/aromatic N) is 1. The molecule has 2 N–H and O–H groups in total. The molecule has 0 amide bonds. The Kier molecular flexibility index (Phi) is 3.40. The number of hydrogen-bond acceptors (Lipinski definition) is 5. The molecular weight excluding hydrogens is 328 g/mol. The zero-order valence-electron chi connectivity index (χ0n) is 15.6. The van der Waals surface area contributed by atoms with Crippen molar-refractivity contribution in [2.24, 2.45) is 11.3 Å². The first-order valence-electron chi connectivity index (χ1n) is 9.98. The van der Waals surface area contributed by atoms with E-state index in [0.29, 0.717) is 6.04 Å². The number of carbonyl (C=O) groups is 1. The number of methoxy groups -OCH3 is 1. The number of benzene rings is 1. The third-order valence-electron chi connectivity index (χ3n) is 7.97. The first-order valence-corrected chi connectivity index (χ1v) is 9.98. The molecule has 5 nitrogen and oxygen atoms in total. The van der Waals surface area contributed by atoms with Gasteiger partial charge in [-0.15, -0.1) is 0 Å². The van der Waals surface area contributed by atoms with Gasteiger partial charge in [-0.25, -0.2) is 0 Å². The van der Waals surface area contributed by atoms with E-state index in [0.717, 1.165) is 38.0 Å². The number of phenols is 1. The van der Waals surface area contributed by atoms with E-state index in [2.05, 4.69) is 23.2 Å². The average molecular weight is 356 g/mol. The number of carbonyl (C=O) groups excluding carboxylic acids is 1. The Morgan fingerprint density at radius 1 is 1.38 bits per heavy atom. The number of rotatable bonds is 2. The van der Waals surface area contributed by atoms with E-state index in [-0.39, 0.29) is 34.5 Å². The molecule has 0 bridgehead atoms. The van der Waals surface area contributed by atoms with E-state index >= 15 is 0 Å². The monoisotopic (exact) mass is 356 g/mol. The second kappa shape index (κ2) is 5.38. The fraction of sp³-hybridized carbons (Fsp3) is 0.667. The van der Waals surface area contributed by atoms with Gasteiger partial charge in [0.15, 0.2) is 0 Å². The molecule has 2 saturated heterocycles. The average Bonchev–Trinajstić information content (AvgIpc) is 3.20. The number of anilines is 1. The lowest BCUT2D eigenvalue weighted by atomic mass is 9.49. The van der Waals surface area contributed by atoms with Gasteiger partial charge in [0, 0.05) is 23.2 Å². The number of nitrogens with one attached hydrogen (secondary N) is 1. The summed E-state index contributed by atoms with van der Waals surface area (Å²) in [5.41, 5.74) is 2.41. The Morgan fingerprint density at radius 3 is 3.00 bits per heavy atom. The molecular formula is C21H28N2O3. The molecule has 3 fully saturated rings. The third-order valence-corrected chi connectivity index (χ3v) is 7.97. The van der Waals surface area contributed by atoms with Crippen molar-refractivity contribution < 1.29 is 14.6 Å². The number of fused-ring (bicyclic) bond motifs is 1. The van der Waals surface area contributed by atoms with Crippen molar-refractivity contribution in [2.75, 3.05) is 25.5 Å². The quantitative estimate of drug-likeness (QED) is 0.798. The van der Waals surface area contributed by atoms with Crippen LogP contribution in [-0.4, -0.2) is 48.3 Å². The van der Waals surface area contributed by atoms with Gasteiger partial charge in [0.05, 0.1) is 19.1 Å². The van der Waals surface area contributed by atoms with Crippen LogP contribution in [0.1, 0.15) is 44.6 Å². The normalized spacial score (nSPS) is 40.3. The second-order valence-electron chi connectivity index (χ2n) is 8.73. The second-order valence-corrected chi connectivity index (χ2v) is 8.73. The molecule has 26 heavy (non-hydrogen) atoms. The Labute approximate surface area is 154 Å². The maximum absolute atomic E-state index is 12.8. The van der Waals surface area contributed by atoms with Crippen LogP contribution in [0.15, 0.2) is 18.2 Å². The zero-order valence-corrected chi connectivity index (χ0v) is 15.6. The fourth-order valence-electron chi connectivity index (χ4n) is 7.11. The first kappa shape index (κ1) is 16.4. The highest BCUT2D eigenvalue weighted by atomic mass is 16.5. The van der Waals surface area contributed by atoms with Gasteiger partial charge in [-0.2, -0.15) is 0 Å². The molecule has 1 aromatic carbocycles. The number of phenolic OH excluding ortho intramolecular Hbond substituents is 1. The summed E-state index contributed by atoms with van der Waals surface area (Å²) >= 11 is 0. The summed E-state index contributed by atoms with van der Waals surface area (Å²) in [6.45, 7) is 4.56. The van der Waals surface area contributed by atoms with Crippen molar-refractivity contribution in [1.82, 2.24) is 4.90 Å². The lowest BCUT2D eigenvalue weighted by Crippen LogP contribution is -2.67. The van der Waals surface area contributed by atoms with Gasteiger partial charge in [-0.05, 0) is 62.2 Å². The molecule has 1 spiro atoms. The SMILES string of the molecule is CC[C@]12CCCN3CC[C@@]4(c5ccc(O)cc5N[C@H]4[C@@H](C(=O)OC)C1)[C@@H]32. The molecule has 4 aliphatic rings. The van der Waals surface area contributed by atoms with Crippen LogP contribution < -0.4 is 5.32 Å².